The van der Waals surface area contributed by atoms with Crippen LogP contribution in [0.3, 0.4) is 0 Å². The fourth-order valence-electron chi connectivity index (χ4n) is 3.13. The van der Waals surface area contributed by atoms with Gasteiger partial charge in [-0.15, -0.1) is 0 Å². The molecule has 3 N–H and O–H groups in total. The van der Waals surface area contributed by atoms with Crippen molar-refractivity contribution in [2.45, 2.75) is 32.0 Å². The zero-order valence-electron chi connectivity index (χ0n) is 16.6. The molecule has 1 unspecified atom stereocenters. The molecule has 0 fully saturated rings. The third kappa shape index (κ3) is 6.33. The van der Waals surface area contributed by atoms with Gasteiger partial charge in [-0.05, 0) is 49.6 Å². The van der Waals surface area contributed by atoms with E-state index in [2.05, 4.69) is 10.3 Å². The molecule has 0 radical (unpaired) electrons. The van der Waals surface area contributed by atoms with Crippen molar-refractivity contribution < 1.29 is 13.6 Å². The number of nitrogens with one attached hydrogen (secondary N) is 1. The second-order valence-electron chi connectivity index (χ2n) is 6.93. The fraction of sp³-hybridized carbons (Fsp3) is 0.333. The molecule has 3 rings (SSSR count). The van der Waals surface area contributed by atoms with Crippen LogP contribution in [0, 0.1) is 0 Å². The topological polar surface area (TPSA) is 67.5 Å². The van der Waals surface area contributed by atoms with Crippen LogP contribution >= 0.6 is 35.0 Å². The van der Waals surface area contributed by atoms with Crippen LogP contribution in [0.4, 0.5) is 14.5 Å². The number of carbonyl (C=O) groups excluding carboxylic acids is 1. The Hall–Kier alpha value is -1.83. The maximum Gasteiger partial charge on any atom is 0.257 e. The van der Waals surface area contributed by atoms with Crippen molar-refractivity contribution in [1.29, 1.82) is 0 Å². The molecule has 1 aliphatic rings. The minimum atomic E-state index is -0.691. The molecule has 1 atom stereocenters. The Morgan fingerprint density at radius 2 is 2.00 bits per heavy atom. The highest BCUT2D eigenvalue weighted by molar-refractivity contribution is 8.13. The Morgan fingerprint density at radius 1 is 1.27 bits per heavy atom. The predicted molar refractivity (Wildman–Crippen MR) is 124 cm³/mol. The zero-order valence-corrected chi connectivity index (χ0v) is 19.0. The second kappa shape index (κ2) is 11.0. The summed E-state index contributed by atoms with van der Waals surface area (Å²) in [7, 11) is 0.500. The lowest BCUT2D eigenvalue weighted by molar-refractivity contribution is 0.102. The SMILES string of the molecule is CC1(Cc2ccc(CF)c(NC(=O)c3ccc(Cl)cc3Cl)c2)CCSC(N)=N1.CF. The monoisotopic (exact) mass is 473 g/mol. The van der Waals surface area contributed by atoms with E-state index in [9.17, 15) is 13.6 Å². The zero-order chi connectivity index (χ0) is 22.3. The van der Waals surface area contributed by atoms with Gasteiger partial charge in [-0.2, -0.15) is 0 Å². The molecule has 30 heavy (non-hydrogen) atoms. The van der Waals surface area contributed by atoms with Gasteiger partial charge in [0, 0.05) is 22.0 Å². The fourth-order valence-corrected chi connectivity index (χ4v) is 4.66. The van der Waals surface area contributed by atoms with Crippen LogP contribution < -0.4 is 11.1 Å². The van der Waals surface area contributed by atoms with E-state index >= 15 is 0 Å². The van der Waals surface area contributed by atoms with Crippen molar-refractivity contribution in [3.8, 4) is 0 Å². The molecule has 0 saturated heterocycles. The van der Waals surface area contributed by atoms with E-state index < -0.39 is 12.6 Å². The number of thioether (sulfide) groups is 1. The lowest BCUT2D eigenvalue weighted by atomic mass is 9.90. The highest BCUT2D eigenvalue weighted by Crippen LogP contribution is 2.31. The Bertz CT molecular complexity index is 942. The van der Waals surface area contributed by atoms with Crippen molar-refractivity contribution in [3.05, 3.63) is 63.1 Å². The average molecular weight is 474 g/mol. The smallest absolute Gasteiger partial charge is 0.257 e. The van der Waals surface area contributed by atoms with E-state index in [1.807, 2.05) is 13.0 Å². The number of carbonyl (C=O) groups is 1. The summed E-state index contributed by atoms with van der Waals surface area (Å²) in [6.45, 7) is 1.36. The van der Waals surface area contributed by atoms with Crippen molar-refractivity contribution in [2.75, 3.05) is 18.2 Å². The number of amides is 1. The largest absolute Gasteiger partial charge is 0.379 e. The standard InChI is InChI=1S/C20H20Cl2FN3OS.CH3F/c1-20(6-7-28-19(24)26-20)10-12-2-3-13(11-23)17(8-12)25-18(27)15-5-4-14(21)9-16(15)22;1-2/h2-5,8-9H,6-7,10-11H2,1H3,(H2,24,26)(H,25,27);1H3. The predicted octanol–water partition coefficient (Wildman–Crippen LogP) is 6.05. The Balaban J connectivity index is 0.00000155. The molecule has 162 valence electrons. The lowest BCUT2D eigenvalue weighted by Gasteiger charge is -2.29. The number of aliphatic imine (C=N–C) groups is 1. The molecular formula is C21H23Cl2F2N3OS. The Labute approximate surface area is 189 Å². The Morgan fingerprint density at radius 3 is 2.63 bits per heavy atom. The molecule has 1 aliphatic heterocycles. The van der Waals surface area contributed by atoms with Gasteiger partial charge in [0.15, 0.2) is 5.17 Å². The van der Waals surface area contributed by atoms with Crippen molar-refractivity contribution in [3.63, 3.8) is 0 Å². The van der Waals surface area contributed by atoms with Gasteiger partial charge in [0.25, 0.3) is 5.91 Å². The first kappa shape index (κ1) is 24.4. The van der Waals surface area contributed by atoms with E-state index in [1.165, 1.54) is 12.1 Å². The van der Waals surface area contributed by atoms with E-state index in [-0.39, 0.29) is 16.1 Å². The summed E-state index contributed by atoms with van der Waals surface area (Å²) < 4.78 is 23.0. The van der Waals surface area contributed by atoms with Gasteiger partial charge >= 0.3 is 0 Å². The third-order valence-corrected chi connectivity index (χ3v) is 5.94. The van der Waals surface area contributed by atoms with Gasteiger partial charge in [0.1, 0.15) is 6.67 Å². The normalized spacial score (nSPS) is 18.1. The van der Waals surface area contributed by atoms with E-state index in [0.29, 0.717) is 35.0 Å². The van der Waals surface area contributed by atoms with Gasteiger partial charge in [-0.25, -0.2) is 4.39 Å². The summed E-state index contributed by atoms with van der Waals surface area (Å²) in [5.74, 6) is 0.489. The number of amidine groups is 1. The molecule has 0 aliphatic carbocycles. The van der Waals surface area contributed by atoms with Crippen molar-refractivity contribution in [1.82, 2.24) is 0 Å². The highest BCUT2D eigenvalue weighted by atomic mass is 35.5. The number of hydrogen-bond acceptors (Lipinski definition) is 4. The summed E-state index contributed by atoms with van der Waals surface area (Å²) in [6.07, 6.45) is 1.54. The van der Waals surface area contributed by atoms with Gasteiger partial charge in [-0.1, -0.05) is 47.1 Å². The van der Waals surface area contributed by atoms with Gasteiger partial charge in [0.05, 0.1) is 23.3 Å². The van der Waals surface area contributed by atoms with Crippen molar-refractivity contribution >= 4 is 51.7 Å². The van der Waals surface area contributed by atoms with Crippen LogP contribution in [-0.4, -0.2) is 29.5 Å². The summed E-state index contributed by atoms with van der Waals surface area (Å²) in [5.41, 5.74) is 7.60. The number of rotatable bonds is 5. The molecular weight excluding hydrogens is 451 g/mol. The number of halogens is 4. The van der Waals surface area contributed by atoms with E-state index in [4.69, 9.17) is 28.9 Å². The number of anilines is 1. The van der Waals surface area contributed by atoms with Gasteiger partial charge < -0.3 is 11.1 Å². The maximum atomic E-state index is 13.5. The number of nitrogens with two attached hydrogens (primary N) is 1. The summed E-state index contributed by atoms with van der Waals surface area (Å²) in [5, 5.41) is 4.02. The molecule has 9 heteroatoms. The molecule has 1 heterocycles. The van der Waals surface area contributed by atoms with Crippen LogP contribution in [-0.2, 0) is 13.1 Å². The van der Waals surface area contributed by atoms with E-state index in [0.717, 1.165) is 17.7 Å². The summed E-state index contributed by atoms with van der Waals surface area (Å²) >= 11 is 13.5. The van der Waals surface area contributed by atoms with Crippen LogP contribution in [0.5, 0.6) is 0 Å². The minimum Gasteiger partial charge on any atom is -0.379 e. The van der Waals surface area contributed by atoms with Crippen LogP contribution in [0.2, 0.25) is 10.0 Å². The first-order valence-corrected chi connectivity index (χ1v) is 10.8. The number of benzene rings is 2. The highest BCUT2D eigenvalue weighted by Gasteiger charge is 2.28. The summed E-state index contributed by atoms with van der Waals surface area (Å²) in [4.78, 5) is 17.2. The molecule has 2 aromatic carbocycles. The molecule has 0 bridgehead atoms. The number of hydrogen-bond donors (Lipinski definition) is 2. The molecule has 0 aromatic heterocycles. The van der Waals surface area contributed by atoms with Gasteiger partial charge in [0.2, 0.25) is 0 Å². The van der Waals surface area contributed by atoms with Gasteiger partial charge in [-0.3, -0.25) is 14.2 Å². The van der Waals surface area contributed by atoms with E-state index in [1.54, 1.807) is 30.0 Å². The van der Waals surface area contributed by atoms with Crippen LogP contribution in [0.25, 0.3) is 0 Å². The minimum absolute atomic E-state index is 0.236. The molecule has 0 saturated carbocycles. The Kier molecular flexibility index (Phi) is 8.94. The number of nitrogens with zero attached hydrogens (tertiary/aromatic N) is 1. The first-order valence-electron chi connectivity index (χ1n) is 9.10. The summed E-state index contributed by atoms with van der Waals surface area (Å²) in [6, 6.07) is 9.95. The molecule has 1 amide bonds. The quantitative estimate of drug-likeness (QED) is 0.554. The number of alkyl halides is 2. The second-order valence-corrected chi connectivity index (χ2v) is 8.88. The molecule has 0 spiro atoms. The van der Waals surface area contributed by atoms with Crippen LogP contribution in [0.15, 0.2) is 41.4 Å². The molecule has 4 nitrogen and oxygen atoms in total. The maximum absolute atomic E-state index is 13.5. The molecule has 2 aromatic rings. The lowest BCUT2D eigenvalue weighted by Crippen LogP contribution is -2.33. The first-order chi connectivity index (χ1) is 14.3. The average Bonchev–Trinajstić information content (AvgIpc) is 2.69. The van der Waals surface area contributed by atoms with Crippen molar-refractivity contribution in [2.24, 2.45) is 10.7 Å². The third-order valence-electron chi connectivity index (χ3n) is 4.60. The van der Waals surface area contributed by atoms with Crippen LogP contribution in [0.1, 0.15) is 34.8 Å².